The van der Waals surface area contributed by atoms with Crippen molar-refractivity contribution in [3.8, 4) is 0 Å². The molecule has 18 heavy (non-hydrogen) atoms. The van der Waals surface area contributed by atoms with Gasteiger partial charge in [-0.3, -0.25) is 0 Å². The second-order valence-electron chi connectivity index (χ2n) is 5.20. The maximum Gasteiger partial charge on any atom is 0.124 e. The van der Waals surface area contributed by atoms with Crippen LogP contribution in [0.3, 0.4) is 0 Å². The van der Waals surface area contributed by atoms with Crippen molar-refractivity contribution in [1.82, 2.24) is 5.32 Å². The summed E-state index contributed by atoms with van der Waals surface area (Å²) < 4.78 is 13.9. The average molecular weight is 315 g/mol. The smallest absolute Gasteiger partial charge is 0.124 e. The van der Waals surface area contributed by atoms with Crippen LogP contribution in [-0.2, 0) is 0 Å². The van der Waals surface area contributed by atoms with Gasteiger partial charge in [-0.05, 0) is 47.0 Å². The van der Waals surface area contributed by atoms with Gasteiger partial charge in [0.25, 0.3) is 0 Å². The van der Waals surface area contributed by atoms with E-state index in [1.165, 1.54) is 25.0 Å². The number of anilines is 1. The first-order valence-electron chi connectivity index (χ1n) is 6.52. The molecule has 1 aromatic rings. The topological polar surface area (TPSA) is 15.3 Å². The van der Waals surface area contributed by atoms with Crippen molar-refractivity contribution < 1.29 is 4.39 Å². The van der Waals surface area contributed by atoms with E-state index in [9.17, 15) is 4.39 Å². The molecule has 4 heteroatoms. The van der Waals surface area contributed by atoms with Crippen LogP contribution in [0.25, 0.3) is 0 Å². The molecule has 0 bridgehead atoms. The molecular weight excluding hydrogens is 295 g/mol. The van der Waals surface area contributed by atoms with Crippen LogP contribution in [-0.4, -0.2) is 25.2 Å². The zero-order valence-corrected chi connectivity index (χ0v) is 12.5. The Bertz CT molecular complexity index is 409. The Kier molecular flexibility index (Phi) is 4.62. The predicted octanol–water partition coefficient (Wildman–Crippen LogP) is 3.56. The fourth-order valence-corrected chi connectivity index (χ4v) is 3.14. The minimum absolute atomic E-state index is 0.195. The van der Waals surface area contributed by atoms with Crippen molar-refractivity contribution in [2.45, 2.75) is 38.8 Å². The normalized spacial score (nSPS) is 20.5. The number of hydrogen-bond acceptors (Lipinski definition) is 2. The number of benzene rings is 1. The molecule has 1 heterocycles. The van der Waals surface area contributed by atoms with Crippen LogP contribution in [0.2, 0.25) is 0 Å². The SMILES string of the molecule is CC(C)NC1CCCN(c2ccc(F)cc2Br)C1. The van der Waals surface area contributed by atoms with E-state index in [1.807, 2.05) is 6.07 Å². The molecule has 1 aromatic carbocycles. The molecule has 1 fully saturated rings. The summed E-state index contributed by atoms with van der Waals surface area (Å²) in [5.41, 5.74) is 1.09. The molecule has 0 amide bonds. The highest BCUT2D eigenvalue weighted by Gasteiger charge is 2.21. The summed E-state index contributed by atoms with van der Waals surface area (Å²) in [5.74, 6) is -0.195. The number of nitrogens with zero attached hydrogens (tertiary/aromatic N) is 1. The molecule has 1 N–H and O–H groups in total. The summed E-state index contributed by atoms with van der Waals surface area (Å²) in [4.78, 5) is 2.33. The van der Waals surface area contributed by atoms with Gasteiger partial charge in [-0.15, -0.1) is 0 Å². The van der Waals surface area contributed by atoms with Crippen LogP contribution in [0, 0.1) is 5.82 Å². The van der Waals surface area contributed by atoms with E-state index in [4.69, 9.17) is 0 Å². The zero-order chi connectivity index (χ0) is 13.1. The zero-order valence-electron chi connectivity index (χ0n) is 10.9. The standard InChI is InChI=1S/C14H20BrFN2/c1-10(2)17-12-4-3-7-18(9-12)14-6-5-11(16)8-13(14)15/h5-6,8,10,12,17H,3-4,7,9H2,1-2H3. The van der Waals surface area contributed by atoms with E-state index >= 15 is 0 Å². The van der Waals surface area contributed by atoms with Gasteiger partial charge in [0.2, 0.25) is 0 Å². The van der Waals surface area contributed by atoms with Crippen molar-refractivity contribution >= 4 is 21.6 Å². The van der Waals surface area contributed by atoms with Gasteiger partial charge in [-0.1, -0.05) is 13.8 Å². The summed E-state index contributed by atoms with van der Waals surface area (Å²) in [5, 5.41) is 3.58. The second-order valence-corrected chi connectivity index (χ2v) is 6.06. The first kappa shape index (κ1) is 13.8. The van der Waals surface area contributed by atoms with Crippen molar-refractivity contribution in [2.75, 3.05) is 18.0 Å². The molecule has 1 unspecified atom stereocenters. The van der Waals surface area contributed by atoms with Crippen LogP contribution < -0.4 is 10.2 Å². The van der Waals surface area contributed by atoms with Gasteiger partial charge in [0, 0.05) is 29.6 Å². The monoisotopic (exact) mass is 314 g/mol. The molecule has 0 aromatic heterocycles. The number of rotatable bonds is 3. The van der Waals surface area contributed by atoms with Gasteiger partial charge in [0.05, 0.1) is 5.69 Å². The molecule has 2 nitrogen and oxygen atoms in total. The predicted molar refractivity (Wildman–Crippen MR) is 77.6 cm³/mol. The van der Waals surface area contributed by atoms with Gasteiger partial charge in [-0.25, -0.2) is 4.39 Å². The maximum atomic E-state index is 13.1. The largest absolute Gasteiger partial charge is 0.369 e. The lowest BCUT2D eigenvalue weighted by Crippen LogP contribution is -2.48. The number of halogens is 2. The van der Waals surface area contributed by atoms with Crippen LogP contribution in [0.15, 0.2) is 22.7 Å². The summed E-state index contributed by atoms with van der Waals surface area (Å²) in [6, 6.07) is 5.95. The molecule has 1 aliphatic rings. The van der Waals surface area contributed by atoms with Crippen LogP contribution in [0.4, 0.5) is 10.1 Å². The van der Waals surface area contributed by atoms with Crippen molar-refractivity contribution in [3.63, 3.8) is 0 Å². The van der Waals surface area contributed by atoms with E-state index in [0.717, 1.165) is 23.2 Å². The molecule has 1 saturated heterocycles. The highest BCUT2D eigenvalue weighted by atomic mass is 79.9. The summed E-state index contributed by atoms with van der Waals surface area (Å²) in [6.45, 7) is 6.38. The highest BCUT2D eigenvalue weighted by Crippen LogP contribution is 2.29. The van der Waals surface area contributed by atoms with Crippen molar-refractivity contribution in [3.05, 3.63) is 28.5 Å². The molecule has 0 spiro atoms. The minimum atomic E-state index is -0.195. The molecule has 0 saturated carbocycles. The third kappa shape index (κ3) is 3.45. The first-order chi connectivity index (χ1) is 8.56. The van der Waals surface area contributed by atoms with Gasteiger partial charge >= 0.3 is 0 Å². The van der Waals surface area contributed by atoms with E-state index < -0.39 is 0 Å². The molecule has 1 atom stereocenters. The fourth-order valence-electron chi connectivity index (χ4n) is 2.54. The Morgan fingerprint density at radius 2 is 2.22 bits per heavy atom. The van der Waals surface area contributed by atoms with E-state index in [0.29, 0.717) is 12.1 Å². The van der Waals surface area contributed by atoms with E-state index in [1.54, 1.807) is 0 Å². The van der Waals surface area contributed by atoms with E-state index in [2.05, 4.69) is 40.0 Å². The van der Waals surface area contributed by atoms with E-state index in [-0.39, 0.29) is 5.82 Å². The fraction of sp³-hybridized carbons (Fsp3) is 0.571. The Morgan fingerprint density at radius 1 is 1.44 bits per heavy atom. The van der Waals surface area contributed by atoms with Crippen LogP contribution >= 0.6 is 15.9 Å². The highest BCUT2D eigenvalue weighted by molar-refractivity contribution is 9.10. The Morgan fingerprint density at radius 3 is 2.89 bits per heavy atom. The Labute approximate surface area is 117 Å². The molecule has 1 aliphatic heterocycles. The Hall–Kier alpha value is -0.610. The van der Waals surface area contributed by atoms with Gasteiger partial charge in [0.15, 0.2) is 0 Å². The van der Waals surface area contributed by atoms with Crippen LogP contribution in [0.1, 0.15) is 26.7 Å². The molecule has 0 radical (unpaired) electrons. The third-order valence-electron chi connectivity index (χ3n) is 3.24. The quantitative estimate of drug-likeness (QED) is 0.917. The molecule has 2 rings (SSSR count). The third-order valence-corrected chi connectivity index (χ3v) is 3.88. The summed E-state index contributed by atoms with van der Waals surface area (Å²) >= 11 is 3.45. The van der Waals surface area contributed by atoms with Crippen molar-refractivity contribution in [1.29, 1.82) is 0 Å². The molecule has 100 valence electrons. The van der Waals surface area contributed by atoms with Gasteiger partial charge in [0.1, 0.15) is 5.82 Å². The van der Waals surface area contributed by atoms with Gasteiger partial charge < -0.3 is 10.2 Å². The summed E-state index contributed by atoms with van der Waals surface area (Å²) in [7, 11) is 0. The lowest BCUT2D eigenvalue weighted by molar-refractivity contribution is 0.394. The van der Waals surface area contributed by atoms with Gasteiger partial charge in [-0.2, -0.15) is 0 Å². The average Bonchev–Trinajstić information content (AvgIpc) is 2.28. The lowest BCUT2D eigenvalue weighted by atomic mass is 10.0. The summed E-state index contributed by atoms with van der Waals surface area (Å²) in [6.07, 6.45) is 2.39. The van der Waals surface area contributed by atoms with Crippen molar-refractivity contribution in [2.24, 2.45) is 0 Å². The Balaban J connectivity index is 2.08. The molecular formula is C14H20BrFN2. The molecule has 0 aliphatic carbocycles. The minimum Gasteiger partial charge on any atom is -0.369 e. The second kappa shape index (κ2) is 6.02. The number of hydrogen-bond donors (Lipinski definition) is 1. The number of nitrogens with one attached hydrogen (secondary N) is 1. The number of piperidine rings is 1. The maximum absolute atomic E-state index is 13.1. The van der Waals surface area contributed by atoms with Crippen LogP contribution in [0.5, 0.6) is 0 Å². The first-order valence-corrected chi connectivity index (χ1v) is 7.31. The lowest BCUT2D eigenvalue weighted by Gasteiger charge is -2.36.